The zero-order chi connectivity index (χ0) is 14.9. The first-order valence-corrected chi connectivity index (χ1v) is 6.98. The number of allylic oxidation sites excluding steroid dienone is 4. The van der Waals surface area contributed by atoms with Crippen LogP contribution in [0.2, 0.25) is 0 Å². The van der Waals surface area contributed by atoms with Gasteiger partial charge in [0.25, 0.3) is 0 Å². The van der Waals surface area contributed by atoms with Crippen molar-refractivity contribution in [2.75, 3.05) is 11.4 Å². The van der Waals surface area contributed by atoms with Crippen molar-refractivity contribution in [3.05, 3.63) is 97.1 Å². The maximum absolute atomic E-state index is 3.66. The van der Waals surface area contributed by atoms with E-state index in [2.05, 4.69) is 54.0 Å². The summed E-state index contributed by atoms with van der Waals surface area (Å²) in [6, 6.07) is 20.8. The fraction of sp³-hybridized carbons (Fsp3) is 0.100. The highest BCUT2D eigenvalue weighted by Gasteiger charge is 2.06. The molecule has 0 heterocycles. The van der Waals surface area contributed by atoms with Crippen LogP contribution < -0.4 is 4.90 Å². The van der Waals surface area contributed by atoms with Gasteiger partial charge >= 0.3 is 0 Å². The molecule has 2 aromatic rings. The molecule has 104 valence electrons. The highest BCUT2D eigenvalue weighted by atomic mass is 15.1. The van der Waals surface area contributed by atoms with E-state index in [1.807, 2.05) is 43.4 Å². The van der Waals surface area contributed by atoms with E-state index in [1.54, 1.807) is 6.08 Å². The summed E-state index contributed by atoms with van der Waals surface area (Å²) < 4.78 is 0. The molecule has 0 aliphatic heterocycles. The Morgan fingerprint density at radius 1 is 1.00 bits per heavy atom. The van der Waals surface area contributed by atoms with Crippen LogP contribution in [0.5, 0.6) is 0 Å². The van der Waals surface area contributed by atoms with Crippen LogP contribution in [0.3, 0.4) is 0 Å². The van der Waals surface area contributed by atoms with E-state index in [9.17, 15) is 0 Å². The summed E-state index contributed by atoms with van der Waals surface area (Å²) in [6.45, 7) is 6.45. The zero-order valence-electron chi connectivity index (χ0n) is 12.3. The lowest BCUT2D eigenvalue weighted by atomic mass is 10.2. The normalized spacial score (nSPS) is 10.7. The molecule has 0 unspecified atom stereocenters. The highest BCUT2D eigenvalue weighted by molar-refractivity contribution is 5.62. The second-order valence-corrected chi connectivity index (χ2v) is 4.65. The zero-order valence-corrected chi connectivity index (χ0v) is 12.3. The first-order valence-electron chi connectivity index (χ1n) is 6.98. The molecule has 0 saturated carbocycles. The quantitative estimate of drug-likeness (QED) is 0.667. The van der Waals surface area contributed by atoms with Gasteiger partial charge < -0.3 is 4.90 Å². The van der Waals surface area contributed by atoms with Crippen LogP contribution in [0.4, 0.5) is 11.4 Å². The Labute approximate surface area is 127 Å². The molecule has 0 fully saturated rings. The van der Waals surface area contributed by atoms with E-state index in [4.69, 9.17) is 0 Å². The lowest BCUT2D eigenvalue weighted by molar-refractivity contribution is 1.10. The molecule has 0 saturated heterocycles. The molecule has 1 nitrogen and oxygen atoms in total. The SMILES string of the molecule is C=C/C=C\C=C/CN(c1c#cc(C)cc1)c1ccccc1. The van der Waals surface area contributed by atoms with Gasteiger partial charge in [-0.2, -0.15) is 0 Å². The Bertz CT molecular complexity index is 606. The average Bonchev–Trinajstić information content (AvgIpc) is 2.53. The van der Waals surface area contributed by atoms with E-state index in [-0.39, 0.29) is 0 Å². The summed E-state index contributed by atoms with van der Waals surface area (Å²) in [5.41, 5.74) is 3.25. The van der Waals surface area contributed by atoms with Crippen LogP contribution in [0.1, 0.15) is 5.56 Å². The van der Waals surface area contributed by atoms with Crippen molar-refractivity contribution in [3.63, 3.8) is 0 Å². The smallest absolute Gasteiger partial charge is 0.0930 e. The van der Waals surface area contributed by atoms with Gasteiger partial charge in [-0.25, -0.2) is 0 Å². The van der Waals surface area contributed by atoms with Gasteiger partial charge in [0, 0.05) is 12.2 Å². The van der Waals surface area contributed by atoms with Gasteiger partial charge in [-0.3, -0.25) is 0 Å². The molecule has 0 amide bonds. The minimum absolute atomic E-state index is 0.777. The number of nitrogens with zero attached hydrogens (tertiary/aromatic N) is 1. The molecular weight excluding hydrogens is 254 g/mol. The molecule has 0 spiro atoms. The van der Waals surface area contributed by atoms with Crippen LogP contribution in [0.15, 0.2) is 79.4 Å². The maximum atomic E-state index is 3.66. The third-order valence-electron chi connectivity index (χ3n) is 3.02. The van der Waals surface area contributed by atoms with Gasteiger partial charge in [-0.15, -0.1) is 0 Å². The maximum Gasteiger partial charge on any atom is 0.0930 e. The van der Waals surface area contributed by atoms with Gasteiger partial charge in [-0.1, -0.05) is 61.2 Å². The molecule has 0 radical (unpaired) electrons. The monoisotopic (exact) mass is 273 g/mol. The summed E-state index contributed by atoms with van der Waals surface area (Å²) in [6.07, 6.45) is 9.79. The summed E-state index contributed by atoms with van der Waals surface area (Å²) in [4.78, 5) is 2.20. The summed E-state index contributed by atoms with van der Waals surface area (Å²) in [5, 5.41) is 0. The Morgan fingerprint density at radius 3 is 2.48 bits per heavy atom. The van der Waals surface area contributed by atoms with Gasteiger partial charge in [0.2, 0.25) is 0 Å². The van der Waals surface area contributed by atoms with Crippen LogP contribution in [-0.4, -0.2) is 6.54 Å². The predicted molar refractivity (Wildman–Crippen MR) is 90.8 cm³/mol. The molecule has 0 aromatic heterocycles. The summed E-state index contributed by atoms with van der Waals surface area (Å²) >= 11 is 0. The Hall–Kier alpha value is -2.72. The number of anilines is 2. The van der Waals surface area contributed by atoms with Crippen LogP contribution in [0.25, 0.3) is 0 Å². The number of aryl methyl sites for hydroxylation is 1. The van der Waals surface area contributed by atoms with Crippen molar-refractivity contribution in [1.29, 1.82) is 0 Å². The van der Waals surface area contributed by atoms with Crippen molar-refractivity contribution in [1.82, 2.24) is 0 Å². The van der Waals surface area contributed by atoms with Gasteiger partial charge in [0.15, 0.2) is 0 Å². The van der Waals surface area contributed by atoms with Crippen molar-refractivity contribution in [3.8, 4) is 0 Å². The largest absolute Gasteiger partial charge is 0.331 e. The Kier molecular flexibility index (Phi) is 5.43. The molecule has 0 atom stereocenters. The molecule has 21 heavy (non-hydrogen) atoms. The fourth-order valence-corrected chi connectivity index (χ4v) is 1.95. The van der Waals surface area contributed by atoms with Crippen molar-refractivity contribution < 1.29 is 0 Å². The molecule has 0 aliphatic carbocycles. The second kappa shape index (κ2) is 7.77. The number of benzene rings is 1. The van der Waals surface area contributed by atoms with Crippen molar-refractivity contribution in [2.24, 2.45) is 0 Å². The molecule has 0 bridgehead atoms. The number of hydrogen-bond donors (Lipinski definition) is 0. The van der Waals surface area contributed by atoms with E-state index < -0.39 is 0 Å². The molecule has 2 aromatic carbocycles. The predicted octanol–water partition coefficient (Wildman–Crippen LogP) is 5.03. The fourth-order valence-electron chi connectivity index (χ4n) is 1.95. The van der Waals surface area contributed by atoms with Gasteiger partial charge in [0.05, 0.1) is 5.69 Å². The average molecular weight is 273 g/mol. The van der Waals surface area contributed by atoms with Crippen LogP contribution >= 0.6 is 0 Å². The van der Waals surface area contributed by atoms with Crippen LogP contribution in [0, 0.1) is 19.1 Å². The topological polar surface area (TPSA) is 3.24 Å². The Morgan fingerprint density at radius 2 is 1.81 bits per heavy atom. The van der Waals surface area contributed by atoms with E-state index in [1.165, 1.54) is 0 Å². The molecule has 2 rings (SSSR count). The lowest BCUT2D eigenvalue weighted by Gasteiger charge is -2.22. The third-order valence-corrected chi connectivity index (χ3v) is 3.02. The van der Waals surface area contributed by atoms with E-state index in [0.29, 0.717) is 0 Å². The highest BCUT2D eigenvalue weighted by Crippen LogP contribution is 2.23. The number of para-hydroxylation sites is 1. The third kappa shape index (κ3) is 4.40. The molecule has 0 N–H and O–H groups in total. The lowest BCUT2D eigenvalue weighted by Crippen LogP contribution is -2.16. The van der Waals surface area contributed by atoms with E-state index >= 15 is 0 Å². The minimum Gasteiger partial charge on any atom is -0.331 e. The van der Waals surface area contributed by atoms with Crippen LogP contribution in [-0.2, 0) is 0 Å². The molecule has 1 heteroatoms. The van der Waals surface area contributed by atoms with Gasteiger partial charge in [-0.05, 0) is 42.8 Å². The van der Waals surface area contributed by atoms with E-state index in [0.717, 1.165) is 23.5 Å². The van der Waals surface area contributed by atoms with Crippen molar-refractivity contribution >= 4 is 11.4 Å². The summed E-state index contributed by atoms with van der Waals surface area (Å²) in [7, 11) is 0. The van der Waals surface area contributed by atoms with Gasteiger partial charge in [0.1, 0.15) is 0 Å². The minimum atomic E-state index is 0.777. The molecule has 0 aliphatic rings. The Balaban J connectivity index is 2.22. The number of rotatable bonds is 6. The first kappa shape index (κ1) is 14.7. The summed E-state index contributed by atoms with van der Waals surface area (Å²) in [5.74, 6) is 0. The number of hydrogen-bond acceptors (Lipinski definition) is 1. The van der Waals surface area contributed by atoms with Crippen molar-refractivity contribution in [2.45, 2.75) is 6.92 Å². The standard InChI is InChI=1S/C20H19N/c1-3-4-5-6-10-17-21(19-11-8-7-9-12-19)20-15-13-18(2)14-16-20/h3-13,15H,1,17H2,2H3/b5-4-,10-6-. The molecular formula is C20H19N. The second-order valence-electron chi connectivity index (χ2n) is 4.65. The first-order chi connectivity index (χ1) is 10.3.